The third-order valence-corrected chi connectivity index (χ3v) is 6.22. The Morgan fingerprint density at radius 2 is 1.76 bits per heavy atom. The van der Waals surface area contributed by atoms with E-state index in [0.29, 0.717) is 28.4 Å². The van der Waals surface area contributed by atoms with Gasteiger partial charge in [-0.25, -0.2) is 0 Å². The molecule has 0 saturated carbocycles. The van der Waals surface area contributed by atoms with Crippen LogP contribution in [0.15, 0.2) is 57.7 Å². The van der Waals surface area contributed by atoms with E-state index in [0.717, 1.165) is 0 Å². The summed E-state index contributed by atoms with van der Waals surface area (Å²) >= 11 is 0. The SMILES string of the molecule is COC(=O)C[C@H](c1cc(OC)c2c(c1)OCO2)c1c(O)c(O)c(O)c2c(=O)cc(-c3ccccc3)oc12. The number of phenolic OH excluding ortho intramolecular Hbond substituents is 3. The maximum absolute atomic E-state index is 13.1. The van der Waals surface area contributed by atoms with Crippen LogP contribution < -0.4 is 19.6 Å². The number of hydrogen-bond donors (Lipinski definition) is 3. The fourth-order valence-corrected chi connectivity index (χ4v) is 4.43. The van der Waals surface area contributed by atoms with Gasteiger partial charge in [0.2, 0.25) is 18.3 Å². The van der Waals surface area contributed by atoms with Gasteiger partial charge in [0.1, 0.15) is 16.7 Å². The quantitative estimate of drug-likeness (QED) is 0.259. The first kappa shape index (κ1) is 23.9. The summed E-state index contributed by atoms with van der Waals surface area (Å²) in [6.07, 6.45) is -0.328. The van der Waals surface area contributed by atoms with Crippen LogP contribution in [0.1, 0.15) is 23.5 Å². The molecule has 0 unspecified atom stereocenters. The van der Waals surface area contributed by atoms with Gasteiger partial charge >= 0.3 is 5.97 Å². The standard InChI is InChI=1S/C27H22O10/c1-33-18-8-14(9-19-26(18)36-12-35-19)15(10-20(29)34-2)21-23(30)25(32)24(31)22-16(28)11-17(37-27(21)22)13-6-4-3-5-7-13/h3-9,11,15,30-32H,10,12H2,1-2H3/t15-/m1/s1. The van der Waals surface area contributed by atoms with Crippen molar-refractivity contribution in [1.29, 1.82) is 0 Å². The molecule has 3 aromatic carbocycles. The largest absolute Gasteiger partial charge is 0.504 e. The fourth-order valence-electron chi connectivity index (χ4n) is 4.43. The van der Waals surface area contributed by atoms with E-state index < -0.39 is 34.6 Å². The zero-order chi connectivity index (χ0) is 26.3. The van der Waals surface area contributed by atoms with Crippen LogP contribution >= 0.6 is 0 Å². The number of fused-ring (bicyclic) bond motifs is 2. The van der Waals surface area contributed by atoms with Crippen molar-refractivity contribution in [2.24, 2.45) is 0 Å². The number of benzene rings is 3. The minimum atomic E-state index is -1.03. The van der Waals surface area contributed by atoms with Crippen LogP contribution in [0.3, 0.4) is 0 Å². The summed E-state index contributed by atoms with van der Waals surface area (Å²) in [5, 5.41) is 31.9. The van der Waals surface area contributed by atoms with E-state index in [1.54, 1.807) is 42.5 Å². The highest BCUT2D eigenvalue weighted by Crippen LogP contribution is 2.51. The maximum atomic E-state index is 13.1. The molecule has 0 spiro atoms. The van der Waals surface area contributed by atoms with Crippen molar-refractivity contribution in [2.75, 3.05) is 21.0 Å². The zero-order valence-electron chi connectivity index (χ0n) is 19.8. The van der Waals surface area contributed by atoms with Crippen LogP contribution in [0.5, 0.6) is 34.5 Å². The molecule has 1 aliphatic heterocycles. The average Bonchev–Trinajstić information content (AvgIpc) is 3.39. The number of ether oxygens (including phenoxy) is 4. The molecule has 0 amide bonds. The van der Waals surface area contributed by atoms with Crippen molar-refractivity contribution in [2.45, 2.75) is 12.3 Å². The fraction of sp³-hybridized carbons (Fsp3) is 0.185. The van der Waals surface area contributed by atoms with Gasteiger partial charge in [-0.2, -0.15) is 0 Å². The monoisotopic (exact) mass is 506 g/mol. The molecule has 3 N–H and O–H groups in total. The molecule has 10 nitrogen and oxygen atoms in total. The molecule has 1 aliphatic rings. The Labute approximate surface area is 209 Å². The van der Waals surface area contributed by atoms with E-state index in [1.807, 2.05) is 0 Å². The first-order valence-electron chi connectivity index (χ1n) is 11.2. The Kier molecular flexibility index (Phi) is 6.00. The van der Waals surface area contributed by atoms with E-state index in [1.165, 1.54) is 20.3 Å². The Morgan fingerprint density at radius 1 is 1.00 bits per heavy atom. The molecule has 190 valence electrons. The smallest absolute Gasteiger partial charge is 0.306 e. The third-order valence-electron chi connectivity index (χ3n) is 6.22. The lowest BCUT2D eigenvalue weighted by atomic mass is 9.85. The predicted octanol–water partition coefficient (Wildman–Crippen LogP) is 4.01. The van der Waals surface area contributed by atoms with Gasteiger partial charge in [-0.3, -0.25) is 9.59 Å². The van der Waals surface area contributed by atoms with Crippen LogP contribution in [0, 0.1) is 0 Å². The van der Waals surface area contributed by atoms with Gasteiger partial charge in [0.15, 0.2) is 28.4 Å². The summed E-state index contributed by atoms with van der Waals surface area (Å²) in [5.74, 6) is -3.05. The number of carbonyl (C=O) groups is 1. The summed E-state index contributed by atoms with van der Waals surface area (Å²) in [4.78, 5) is 25.7. The van der Waals surface area contributed by atoms with Crippen LogP contribution in [-0.4, -0.2) is 42.3 Å². The normalized spacial score (nSPS) is 12.9. The molecule has 1 atom stereocenters. The van der Waals surface area contributed by atoms with Crippen LogP contribution in [0.4, 0.5) is 0 Å². The molecule has 0 aliphatic carbocycles. The molecule has 0 radical (unpaired) electrons. The van der Waals surface area contributed by atoms with Gasteiger partial charge < -0.3 is 38.7 Å². The molecular formula is C27H22O10. The number of phenols is 3. The van der Waals surface area contributed by atoms with Crippen molar-refractivity contribution < 1.29 is 43.5 Å². The molecule has 0 saturated heterocycles. The van der Waals surface area contributed by atoms with Gasteiger partial charge in [-0.05, 0) is 17.7 Å². The number of methoxy groups -OCH3 is 2. The van der Waals surface area contributed by atoms with Crippen molar-refractivity contribution in [3.8, 4) is 45.8 Å². The number of carbonyl (C=O) groups excluding carboxylic acids is 1. The van der Waals surface area contributed by atoms with E-state index in [9.17, 15) is 24.9 Å². The lowest BCUT2D eigenvalue weighted by Crippen LogP contribution is -2.13. The number of aromatic hydroxyl groups is 3. The van der Waals surface area contributed by atoms with E-state index in [-0.39, 0.29) is 35.5 Å². The number of esters is 1. The van der Waals surface area contributed by atoms with Crippen LogP contribution in [0.2, 0.25) is 0 Å². The first-order valence-corrected chi connectivity index (χ1v) is 11.2. The summed E-state index contributed by atoms with van der Waals surface area (Å²) in [6.45, 7) is -0.0414. The Balaban J connectivity index is 1.84. The Hall–Kier alpha value is -4.86. The van der Waals surface area contributed by atoms with E-state index in [4.69, 9.17) is 23.4 Å². The lowest BCUT2D eigenvalue weighted by molar-refractivity contribution is -0.140. The molecule has 5 rings (SSSR count). The van der Waals surface area contributed by atoms with Gasteiger partial charge in [0.25, 0.3) is 0 Å². The van der Waals surface area contributed by atoms with Gasteiger partial charge in [-0.15, -0.1) is 0 Å². The van der Waals surface area contributed by atoms with Gasteiger partial charge in [-0.1, -0.05) is 30.3 Å². The van der Waals surface area contributed by atoms with Gasteiger partial charge in [0.05, 0.1) is 20.6 Å². The zero-order valence-corrected chi connectivity index (χ0v) is 19.8. The van der Waals surface area contributed by atoms with Crippen molar-refractivity contribution in [3.05, 3.63) is 69.9 Å². The minimum Gasteiger partial charge on any atom is -0.504 e. The molecule has 0 bridgehead atoms. The predicted molar refractivity (Wildman–Crippen MR) is 131 cm³/mol. The van der Waals surface area contributed by atoms with E-state index in [2.05, 4.69) is 0 Å². The molecule has 2 heterocycles. The molecular weight excluding hydrogens is 484 g/mol. The average molecular weight is 506 g/mol. The highest BCUT2D eigenvalue weighted by molar-refractivity contribution is 5.93. The van der Waals surface area contributed by atoms with Crippen molar-refractivity contribution in [1.82, 2.24) is 0 Å². The third kappa shape index (κ3) is 4.02. The molecule has 4 aromatic rings. The number of rotatable bonds is 6. The number of hydrogen-bond acceptors (Lipinski definition) is 10. The molecule has 10 heteroatoms. The second kappa shape index (κ2) is 9.30. The Bertz CT molecular complexity index is 1570. The van der Waals surface area contributed by atoms with Crippen LogP contribution in [-0.2, 0) is 9.53 Å². The summed E-state index contributed by atoms with van der Waals surface area (Å²) in [6, 6.07) is 13.1. The maximum Gasteiger partial charge on any atom is 0.306 e. The van der Waals surface area contributed by atoms with E-state index >= 15 is 0 Å². The highest BCUT2D eigenvalue weighted by atomic mass is 16.7. The summed E-state index contributed by atoms with van der Waals surface area (Å²) < 4.78 is 27.3. The lowest BCUT2D eigenvalue weighted by Gasteiger charge is -2.22. The molecule has 37 heavy (non-hydrogen) atoms. The second-order valence-electron chi connectivity index (χ2n) is 8.29. The molecule has 1 aromatic heterocycles. The van der Waals surface area contributed by atoms with Crippen molar-refractivity contribution in [3.63, 3.8) is 0 Å². The summed E-state index contributed by atoms with van der Waals surface area (Å²) in [5.41, 5.74) is 0.000141. The topological polar surface area (TPSA) is 145 Å². The summed E-state index contributed by atoms with van der Waals surface area (Å²) in [7, 11) is 2.64. The first-order chi connectivity index (χ1) is 17.8. The second-order valence-corrected chi connectivity index (χ2v) is 8.29. The Morgan fingerprint density at radius 3 is 2.46 bits per heavy atom. The molecule has 0 fully saturated rings. The highest BCUT2D eigenvalue weighted by Gasteiger charge is 2.33. The van der Waals surface area contributed by atoms with Crippen molar-refractivity contribution >= 4 is 16.9 Å². The minimum absolute atomic E-state index is 0.0414. The van der Waals surface area contributed by atoms with Gasteiger partial charge in [0, 0.05) is 23.1 Å². The van der Waals surface area contributed by atoms with Crippen LogP contribution in [0.25, 0.3) is 22.3 Å².